The third-order valence-corrected chi connectivity index (χ3v) is 8.86. The molecule has 1 saturated carbocycles. The van der Waals surface area contributed by atoms with Gasteiger partial charge in [-0.1, -0.05) is 12.8 Å². The molecule has 2 aliphatic heterocycles. The Bertz CT molecular complexity index is 1070. The molecule has 0 aromatic heterocycles. The van der Waals surface area contributed by atoms with E-state index in [1.807, 2.05) is 6.92 Å². The quantitative estimate of drug-likeness (QED) is 0.493. The highest BCUT2D eigenvalue weighted by molar-refractivity contribution is 7.89. The highest BCUT2D eigenvalue weighted by atomic mass is 32.2. The van der Waals surface area contributed by atoms with E-state index in [-0.39, 0.29) is 23.6 Å². The van der Waals surface area contributed by atoms with Gasteiger partial charge >= 0.3 is 5.97 Å². The number of aliphatic imine (C=N–C) groups is 1. The Hall–Kier alpha value is -2.47. The monoisotopic (exact) mass is 520 g/mol. The SMILES string of the molecule is CCOC(=O)C1=CNC(C(C)N2CCN(S(=O)(=O)c3ccc(OC)cc3)CC2)=NC1OC1CCCC1. The molecule has 4 rings (SSSR count). The summed E-state index contributed by atoms with van der Waals surface area (Å²) in [5.74, 6) is 0.877. The number of benzene rings is 1. The lowest BCUT2D eigenvalue weighted by Gasteiger charge is -2.38. The Morgan fingerprint density at radius 2 is 1.81 bits per heavy atom. The fraction of sp³-hybridized carbons (Fsp3) is 0.600. The van der Waals surface area contributed by atoms with Crippen molar-refractivity contribution < 1.29 is 27.4 Å². The van der Waals surface area contributed by atoms with Crippen molar-refractivity contribution in [1.82, 2.24) is 14.5 Å². The molecule has 198 valence electrons. The predicted octanol–water partition coefficient (Wildman–Crippen LogP) is 2.12. The van der Waals surface area contributed by atoms with Gasteiger partial charge < -0.3 is 19.5 Å². The molecule has 3 aliphatic rings. The van der Waals surface area contributed by atoms with Gasteiger partial charge in [0.15, 0.2) is 6.23 Å². The molecule has 1 aliphatic carbocycles. The number of hydrogen-bond donors (Lipinski definition) is 1. The largest absolute Gasteiger partial charge is 0.497 e. The maximum absolute atomic E-state index is 13.1. The number of piperazine rings is 1. The molecule has 1 aromatic rings. The van der Waals surface area contributed by atoms with E-state index >= 15 is 0 Å². The molecule has 1 saturated heterocycles. The summed E-state index contributed by atoms with van der Waals surface area (Å²) in [5.41, 5.74) is 0.370. The first kappa shape index (κ1) is 26.6. The van der Waals surface area contributed by atoms with E-state index < -0.39 is 22.2 Å². The van der Waals surface area contributed by atoms with Gasteiger partial charge in [-0.15, -0.1) is 0 Å². The Morgan fingerprint density at radius 1 is 1.14 bits per heavy atom. The molecule has 0 radical (unpaired) electrons. The Balaban J connectivity index is 1.41. The van der Waals surface area contributed by atoms with E-state index in [1.54, 1.807) is 44.5 Å². The predicted molar refractivity (Wildman–Crippen MR) is 135 cm³/mol. The highest BCUT2D eigenvalue weighted by Gasteiger charge is 2.34. The molecule has 0 bridgehead atoms. The molecule has 1 N–H and O–H groups in total. The number of nitrogens with one attached hydrogen (secondary N) is 1. The average molecular weight is 521 g/mol. The van der Waals surface area contributed by atoms with Crippen molar-refractivity contribution in [3.05, 3.63) is 36.0 Å². The van der Waals surface area contributed by atoms with Crippen molar-refractivity contribution in [2.75, 3.05) is 39.9 Å². The van der Waals surface area contributed by atoms with Crippen LogP contribution in [0.4, 0.5) is 0 Å². The number of ether oxygens (including phenoxy) is 3. The zero-order valence-corrected chi connectivity index (χ0v) is 22.0. The van der Waals surface area contributed by atoms with Gasteiger partial charge in [0.1, 0.15) is 17.2 Å². The first-order valence-electron chi connectivity index (χ1n) is 12.6. The van der Waals surface area contributed by atoms with Crippen LogP contribution in [0.3, 0.4) is 0 Å². The van der Waals surface area contributed by atoms with Crippen molar-refractivity contribution in [3.8, 4) is 5.75 Å². The zero-order chi connectivity index (χ0) is 25.7. The van der Waals surface area contributed by atoms with Crippen LogP contribution in [0.5, 0.6) is 5.75 Å². The van der Waals surface area contributed by atoms with Gasteiger partial charge in [-0.2, -0.15) is 4.31 Å². The van der Waals surface area contributed by atoms with E-state index in [9.17, 15) is 13.2 Å². The topological polar surface area (TPSA) is 110 Å². The van der Waals surface area contributed by atoms with Crippen molar-refractivity contribution in [3.63, 3.8) is 0 Å². The molecule has 11 heteroatoms. The second kappa shape index (κ2) is 11.7. The number of carbonyl (C=O) groups is 1. The van der Waals surface area contributed by atoms with E-state index in [1.165, 1.54) is 4.31 Å². The lowest BCUT2D eigenvalue weighted by atomic mass is 10.1. The Morgan fingerprint density at radius 3 is 2.42 bits per heavy atom. The third-order valence-electron chi connectivity index (χ3n) is 6.95. The van der Waals surface area contributed by atoms with E-state index in [0.29, 0.717) is 43.3 Å². The molecule has 0 spiro atoms. The summed E-state index contributed by atoms with van der Waals surface area (Å²) >= 11 is 0. The van der Waals surface area contributed by atoms with Gasteiger partial charge in [-0.25, -0.2) is 18.2 Å². The minimum atomic E-state index is -3.58. The van der Waals surface area contributed by atoms with Crippen molar-refractivity contribution >= 4 is 21.8 Å². The molecule has 2 atom stereocenters. The molecule has 10 nitrogen and oxygen atoms in total. The molecule has 36 heavy (non-hydrogen) atoms. The van der Waals surface area contributed by atoms with Crippen LogP contribution in [-0.2, 0) is 24.3 Å². The molecule has 1 aromatic carbocycles. The molecular formula is C25H36N4O6S. The Labute approximate surface area is 213 Å². The van der Waals surface area contributed by atoms with Crippen LogP contribution < -0.4 is 10.1 Å². The number of esters is 1. The molecule has 2 heterocycles. The minimum absolute atomic E-state index is 0.0814. The number of nitrogens with zero attached hydrogens (tertiary/aromatic N) is 3. The zero-order valence-electron chi connectivity index (χ0n) is 21.2. The smallest absolute Gasteiger partial charge is 0.340 e. The van der Waals surface area contributed by atoms with E-state index in [4.69, 9.17) is 19.2 Å². The van der Waals surface area contributed by atoms with Crippen molar-refractivity contribution in [2.45, 2.75) is 62.8 Å². The minimum Gasteiger partial charge on any atom is -0.497 e. The van der Waals surface area contributed by atoms with Crippen LogP contribution >= 0.6 is 0 Å². The Kier molecular flexibility index (Phi) is 8.66. The molecule has 0 amide bonds. The van der Waals surface area contributed by atoms with E-state index in [0.717, 1.165) is 25.7 Å². The summed E-state index contributed by atoms with van der Waals surface area (Å²) < 4.78 is 44.2. The third kappa shape index (κ3) is 5.91. The van der Waals surface area contributed by atoms with Crippen LogP contribution in [0.1, 0.15) is 39.5 Å². The number of carbonyl (C=O) groups excluding carboxylic acids is 1. The lowest BCUT2D eigenvalue weighted by molar-refractivity contribution is -0.140. The summed E-state index contributed by atoms with van der Waals surface area (Å²) in [5, 5.41) is 3.16. The second-order valence-electron chi connectivity index (χ2n) is 9.17. The van der Waals surface area contributed by atoms with Crippen molar-refractivity contribution in [2.24, 2.45) is 4.99 Å². The molecular weight excluding hydrogens is 484 g/mol. The summed E-state index contributed by atoms with van der Waals surface area (Å²) in [6.45, 7) is 5.93. The van der Waals surface area contributed by atoms with Gasteiger partial charge in [0, 0.05) is 32.4 Å². The van der Waals surface area contributed by atoms with Crippen LogP contribution in [-0.4, -0.2) is 87.7 Å². The number of rotatable bonds is 9. The lowest BCUT2D eigenvalue weighted by Crippen LogP contribution is -2.55. The second-order valence-corrected chi connectivity index (χ2v) is 11.1. The normalized spacial score (nSPS) is 22.9. The van der Waals surface area contributed by atoms with Crippen LogP contribution in [0.25, 0.3) is 0 Å². The molecule has 2 fully saturated rings. The van der Waals surface area contributed by atoms with Gasteiger partial charge in [0.25, 0.3) is 0 Å². The molecule has 2 unspecified atom stereocenters. The van der Waals surface area contributed by atoms with E-state index in [2.05, 4.69) is 10.2 Å². The van der Waals surface area contributed by atoms with Gasteiger partial charge in [-0.3, -0.25) is 4.90 Å². The van der Waals surface area contributed by atoms with Crippen LogP contribution in [0.15, 0.2) is 45.9 Å². The van der Waals surface area contributed by atoms with Gasteiger partial charge in [0.2, 0.25) is 10.0 Å². The van der Waals surface area contributed by atoms with Crippen LogP contribution in [0.2, 0.25) is 0 Å². The van der Waals surface area contributed by atoms with Crippen LogP contribution in [0, 0.1) is 0 Å². The fourth-order valence-electron chi connectivity index (χ4n) is 4.77. The fourth-order valence-corrected chi connectivity index (χ4v) is 6.19. The summed E-state index contributed by atoms with van der Waals surface area (Å²) in [4.78, 5) is 19.7. The maximum atomic E-state index is 13.1. The standard InChI is InChI=1S/C25H36N4O6S/c1-4-34-25(30)22-17-26-23(27-24(22)35-20-7-5-6-8-20)18(2)28-13-15-29(16-14-28)36(31,32)21-11-9-19(33-3)10-12-21/h9-12,17-18,20,24H,4-8,13-16H2,1-3H3,(H,26,27). The first-order chi connectivity index (χ1) is 17.3. The van der Waals surface area contributed by atoms with Gasteiger partial charge in [-0.05, 0) is 51.0 Å². The maximum Gasteiger partial charge on any atom is 0.340 e. The number of amidine groups is 1. The summed E-state index contributed by atoms with van der Waals surface area (Å²) in [6.07, 6.45) is 5.17. The summed E-state index contributed by atoms with van der Waals surface area (Å²) in [6, 6.07) is 6.34. The highest BCUT2D eigenvalue weighted by Crippen LogP contribution is 2.27. The number of hydrogen-bond acceptors (Lipinski definition) is 9. The number of methoxy groups -OCH3 is 1. The van der Waals surface area contributed by atoms with Crippen molar-refractivity contribution in [1.29, 1.82) is 0 Å². The van der Waals surface area contributed by atoms with Gasteiger partial charge in [0.05, 0.1) is 30.8 Å². The number of sulfonamides is 1. The first-order valence-corrected chi connectivity index (χ1v) is 14.0. The summed E-state index contributed by atoms with van der Waals surface area (Å²) in [7, 11) is -2.03. The average Bonchev–Trinajstić information content (AvgIpc) is 3.41.